The lowest BCUT2D eigenvalue weighted by Gasteiger charge is -2.44. The van der Waals surface area contributed by atoms with Crippen LogP contribution in [0.15, 0.2) is 0 Å². The van der Waals surface area contributed by atoms with Gasteiger partial charge >= 0.3 is 5.97 Å². The highest BCUT2D eigenvalue weighted by Crippen LogP contribution is 2.62. The van der Waals surface area contributed by atoms with Gasteiger partial charge in [-0.1, -0.05) is 132 Å². The fourth-order valence-electron chi connectivity index (χ4n) is 1.79. The van der Waals surface area contributed by atoms with E-state index in [1.807, 2.05) is 0 Å². The Bertz CT molecular complexity index is 395. The summed E-state index contributed by atoms with van der Waals surface area (Å²) in [6.45, 7) is 2.10. The monoisotopic (exact) mass is 486 g/mol. The highest BCUT2D eigenvalue weighted by molar-refractivity contribution is 6.76. The maximum absolute atomic E-state index is 11.7. The largest absolute Gasteiger partial charge is 0.467 e. The van der Waals surface area contributed by atoms with Crippen LogP contribution in [0.1, 0.15) is 45.4 Å². The van der Waals surface area contributed by atoms with Gasteiger partial charge in [0.15, 0.2) is 13.0 Å². The van der Waals surface area contributed by atoms with Crippen LogP contribution in [-0.2, 0) is 9.53 Å². The number of methoxy groups -OCH3 is 1. The van der Waals surface area contributed by atoms with E-state index < -0.39 is 23.3 Å². The number of alkyl halides is 8. The zero-order valence-electron chi connectivity index (χ0n) is 12.6. The Morgan fingerprint density at radius 1 is 0.826 bits per heavy atom. The lowest BCUT2D eigenvalue weighted by Crippen LogP contribution is -2.60. The number of carbonyl (C=O) groups is 1. The van der Waals surface area contributed by atoms with E-state index >= 15 is 0 Å². The van der Waals surface area contributed by atoms with E-state index in [2.05, 4.69) is 11.7 Å². The second kappa shape index (κ2) is 9.65. The number of unbranched alkanes of at least 4 members (excludes halogenated alkanes) is 4. The van der Waals surface area contributed by atoms with Gasteiger partial charge in [-0.3, -0.25) is 0 Å². The van der Waals surface area contributed by atoms with E-state index in [9.17, 15) is 4.79 Å². The molecule has 0 aliphatic heterocycles. The van der Waals surface area contributed by atoms with Gasteiger partial charge in [-0.25, -0.2) is 4.79 Å². The molecule has 23 heavy (non-hydrogen) atoms. The van der Waals surface area contributed by atoms with Crippen LogP contribution in [0.4, 0.5) is 0 Å². The molecule has 0 saturated carbocycles. The Kier molecular flexibility index (Phi) is 10.4. The van der Waals surface area contributed by atoms with Crippen molar-refractivity contribution in [3.8, 4) is 0 Å². The molecule has 0 fully saturated rings. The zero-order valence-corrected chi connectivity index (χ0v) is 18.6. The number of ether oxygens (including phenoxy) is 1. The Morgan fingerprint density at radius 3 is 1.74 bits per heavy atom. The molecular weight excluding hydrogens is 472 g/mol. The average molecular weight is 490 g/mol. The second-order valence-corrected chi connectivity index (χ2v) is 10.5. The highest BCUT2D eigenvalue weighted by Gasteiger charge is 2.70. The lowest BCUT2D eigenvalue weighted by atomic mass is 10.0. The van der Waals surface area contributed by atoms with Crippen molar-refractivity contribution in [3.05, 3.63) is 0 Å². The fraction of sp³-hybridized carbons (Fsp3) is 0.923. The maximum Gasteiger partial charge on any atom is 0.345 e. The third-order valence-corrected chi connectivity index (χ3v) is 8.61. The van der Waals surface area contributed by atoms with E-state index in [1.54, 1.807) is 0 Å². The van der Waals surface area contributed by atoms with E-state index in [0.29, 0.717) is 6.42 Å². The first kappa shape index (κ1) is 24.8. The SMILES string of the molecule is CCCCCCCC(Cl)(Cl)C(Cl)(Cl)C(Cl)(Cl)C(Cl)(Cl)C(=O)OC. The third kappa shape index (κ3) is 5.63. The summed E-state index contributed by atoms with van der Waals surface area (Å²) in [5, 5.41) is 0. The molecule has 0 amide bonds. The summed E-state index contributed by atoms with van der Waals surface area (Å²) in [5.41, 5.74) is 0. The van der Waals surface area contributed by atoms with Gasteiger partial charge in [0, 0.05) is 0 Å². The molecule has 0 rings (SSSR count). The Morgan fingerprint density at radius 2 is 1.30 bits per heavy atom. The lowest BCUT2D eigenvalue weighted by molar-refractivity contribution is -0.141. The van der Waals surface area contributed by atoms with E-state index in [4.69, 9.17) is 92.8 Å². The van der Waals surface area contributed by atoms with Crippen molar-refractivity contribution >= 4 is 98.8 Å². The summed E-state index contributed by atoms with van der Waals surface area (Å²) < 4.78 is -4.51. The molecule has 0 bridgehead atoms. The smallest absolute Gasteiger partial charge is 0.345 e. The van der Waals surface area contributed by atoms with Crippen molar-refractivity contribution in [1.82, 2.24) is 0 Å². The van der Waals surface area contributed by atoms with Crippen LogP contribution in [0.2, 0.25) is 0 Å². The first-order valence-corrected chi connectivity index (χ1v) is 9.91. The summed E-state index contributed by atoms with van der Waals surface area (Å²) in [4.78, 5) is 11.7. The number of carbonyl (C=O) groups excluding carboxylic acids is 1. The van der Waals surface area contributed by atoms with Crippen molar-refractivity contribution < 1.29 is 9.53 Å². The summed E-state index contributed by atoms with van der Waals surface area (Å²) >= 11 is 48.9. The Labute approximate surface area is 177 Å². The molecule has 138 valence electrons. The number of halogens is 8. The molecule has 0 aromatic rings. The molecule has 0 spiro atoms. The molecule has 10 heteroatoms. The third-order valence-electron chi connectivity index (χ3n) is 3.28. The first-order valence-electron chi connectivity index (χ1n) is 6.89. The van der Waals surface area contributed by atoms with E-state index in [1.165, 1.54) is 0 Å². The summed E-state index contributed by atoms with van der Waals surface area (Å²) in [6, 6.07) is 0. The van der Waals surface area contributed by atoms with Crippen LogP contribution in [0.3, 0.4) is 0 Å². The number of hydrogen-bond acceptors (Lipinski definition) is 2. The summed E-state index contributed by atoms with van der Waals surface area (Å²) in [6.07, 6.45) is 4.89. The minimum Gasteiger partial charge on any atom is -0.467 e. The molecule has 0 saturated heterocycles. The molecule has 0 aliphatic rings. The molecule has 0 atom stereocenters. The fourth-order valence-corrected chi connectivity index (χ4v) is 4.12. The van der Waals surface area contributed by atoms with Gasteiger partial charge in [0.25, 0.3) is 0 Å². The summed E-state index contributed by atoms with van der Waals surface area (Å²) in [5.74, 6) is -1.14. The van der Waals surface area contributed by atoms with E-state index in [-0.39, 0.29) is 6.42 Å². The van der Waals surface area contributed by atoms with Gasteiger partial charge in [0.1, 0.15) is 0 Å². The highest BCUT2D eigenvalue weighted by atomic mass is 35.6. The van der Waals surface area contributed by atoms with Gasteiger partial charge in [-0.2, -0.15) is 0 Å². The van der Waals surface area contributed by atoms with Gasteiger partial charge in [-0.05, 0) is 6.42 Å². The van der Waals surface area contributed by atoms with Crippen molar-refractivity contribution in [2.45, 2.75) is 62.8 Å². The maximum atomic E-state index is 11.7. The van der Waals surface area contributed by atoms with Crippen LogP contribution in [0.25, 0.3) is 0 Å². The predicted molar refractivity (Wildman–Crippen MR) is 103 cm³/mol. The molecule has 0 N–H and O–H groups in total. The molecule has 0 unspecified atom stereocenters. The van der Waals surface area contributed by atoms with Gasteiger partial charge in [0.05, 0.1) is 7.11 Å². The van der Waals surface area contributed by atoms with Crippen molar-refractivity contribution in [2.24, 2.45) is 0 Å². The van der Waals surface area contributed by atoms with Gasteiger partial charge in [0.2, 0.25) is 4.33 Å². The minimum absolute atomic E-state index is 0.180. The molecule has 2 nitrogen and oxygen atoms in total. The molecule has 0 aromatic heterocycles. The van der Waals surface area contributed by atoms with Crippen LogP contribution in [0.5, 0.6) is 0 Å². The van der Waals surface area contributed by atoms with Crippen LogP contribution >= 0.6 is 92.8 Å². The molecule has 0 radical (unpaired) electrons. The minimum atomic E-state index is -2.48. The molecular formula is C13H18Cl8O2. The zero-order chi connectivity index (χ0) is 18.5. The standard InChI is InChI=1S/C13H18Cl8O2/c1-3-4-5-6-7-8-10(14,15)12(18,19)13(20,21)11(16,17)9(22)23-2/h3-8H2,1-2H3. The van der Waals surface area contributed by atoms with Crippen LogP contribution in [0, 0.1) is 0 Å². The van der Waals surface area contributed by atoms with Crippen molar-refractivity contribution in [3.63, 3.8) is 0 Å². The molecule has 0 aromatic carbocycles. The molecule has 0 aliphatic carbocycles. The second-order valence-electron chi connectivity index (χ2n) is 5.08. The summed E-state index contributed by atoms with van der Waals surface area (Å²) in [7, 11) is 1.05. The number of hydrogen-bond donors (Lipinski definition) is 0. The van der Waals surface area contributed by atoms with Gasteiger partial charge in [-0.15, -0.1) is 0 Å². The van der Waals surface area contributed by atoms with E-state index in [0.717, 1.165) is 32.8 Å². The van der Waals surface area contributed by atoms with Crippen molar-refractivity contribution in [1.29, 1.82) is 0 Å². The number of esters is 1. The van der Waals surface area contributed by atoms with Crippen LogP contribution < -0.4 is 0 Å². The van der Waals surface area contributed by atoms with Crippen molar-refractivity contribution in [2.75, 3.05) is 7.11 Å². The predicted octanol–water partition coefficient (Wildman–Crippen LogP) is 7.22. The van der Waals surface area contributed by atoms with Gasteiger partial charge < -0.3 is 4.74 Å². The topological polar surface area (TPSA) is 26.3 Å². The normalized spacial score (nSPS) is 14.0. The Hall–Kier alpha value is 1.79. The number of rotatable bonds is 10. The first-order chi connectivity index (χ1) is 10.3. The Balaban J connectivity index is 5.21. The van der Waals surface area contributed by atoms with Crippen LogP contribution in [-0.4, -0.2) is 30.4 Å². The molecule has 0 heterocycles. The quantitative estimate of drug-likeness (QED) is 0.184. The average Bonchev–Trinajstić information content (AvgIpc) is 2.45.